The van der Waals surface area contributed by atoms with E-state index in [0.717, 1.165) is 19.4 Å². The Morgan fingerprint density at radius 3 is 3.21 bits per heavy atom. The second-order valence-corrected chi connectivity index (χ2v) is 3.45. The second-order valence-electron chi connectivity index (χ2n) is 3.45. The molecule has 0 unspecified atom stereocenters. The largest absolute Gasteiger partial charge is 0.352 e. The van der Waals surface area contributed by atoms with E-state index in [0.29, 0.717) is 5.69 Å². The molecule has 76 valence electrons. The van der Waals surface area contributed by atoms with Gasteiger partial charge in [-0.15, -0.1) is 0 Å². The molecule has 0 saturated carbocycles. The van der Waals surface area contributed by atoms with Crippen molar-refractivity contribution in [2.24, 2.45) is 0 Å². The number of pyridine rings is 1. The van der Waals surface area contributed by atoms with Gasteiger partial charge in [0.15, 0.2) is 0 Å². The van der Waals surface area contributed by atoms with E-state index in [2.05, 4.69) is 10.3 Å². The van der Waals surface area contributed by atoms with Crippen LogP contribution in [-0.2, 0) is 0 Å². The molecule has 0 aliphatic carbocycles. The van der Waals surface area contributed by atoms with Crippen LogP contribution in [0.15, 0.2) is 18.3 Å². The van der Waals surface area contributed by atoms with E-state index in [1.54, 1.807) is 12.1 Å². The van der Waals surface area contributed by atoms with Gasteiger partial charge in [0.1, 0.15) is 0 Å². The van der Waals surface area contributed by atoms with Crippen molar-refractivity contribution in [2.75, 3.05) is 18.5 Å². The third-order valence-corrected chi connectivity index (χ3v) is 2.63. The summed E-state index contributed by atoms with van der Waals surface area (Å²) in [7, 11) is 1.90. The smallest absolute Gasteiger partial charge is 0.236 e. The minimum atomic E-state index is -0.380. The minimum Gasteiger partial charge on any atom is -0.352 e. The predicted octanol–water partition coefficient (Wildman–Crippen LogP) is 1.37. The average Bonchev–Trinajstić information content (AvgIpc) is 2.66. The molecule has 0 radical (unpaired) electrons. The number of anilines is 1. The molecule has 0 spiro atoms. The van der Waals surface area contributed by atoms with E-state index in [-0.39, 0.29) is 12.1 Å². The van der Waals surface area contributed by atoms with Gasteiger partial charge in [0.05, 0.1) is 11.9 Å². The van der Waals surface area contributed by atoms with Gasteiger partial charge in [-0.05, 0) is 32.0 Å². The van der Waals surface area contributed by atoms with Crippen LogP contribution in [0.2, 0.25) is 0 Å². The molecule has 1 aromatic heterocycles. The molecule has 0 aromatic carbocycles. The number of nitrogens with zero attached hydrogens (tertiary/aromatic N) is 2. The number of nitrogens with one attached hydrogen (secondary N) is 1. The molecule has 2 rings (SSSR count). The van der Waals surface area contributed by atoms with E-state index in [1.807, 2.05) is 11.9 Å². The van der Waals surface area contributed by atoms with Crippen molar-refractivity contribution < 1.29 is 4.39 Å². The zero-order chi connectivity index (χ0) is 9.97. The molecule has 1 saturated heterocycles. The van der Waals surface area contributed by atoms with E-state index >= 15 is 0 Å². The topological polar surface area (TPSA) is 28.2 Å². The van der Waals surface area contributed by atoms with Crippen molar-refractivity contribution in [1.29, 1.82) is 0 Å². The summed E-state index contributed by atoms with van der Waals surface area (Å²) in [5, 5.41) is 3.17. The zero-order valence-corrected chi connectivity index (χ0v) is 8.20. The Labute approximate surface area is 82.9 Å². The summed E-state index contributed by atoms with van der Waals surface area (Å²) in [6.45, 7) is 0.897. The lowest BCUT2D eigenvalue weighted by Crippen LogP contribution is -2.39. The molecular weight excluding hydrogens is 181 g/mol. The number of halogens is 1. The van der Waals surface area contributed by atoms with Crippen LogP contribution in [0, 0.1) is 5.95 Å². The molecule has 1 aromatic rings. The normalized spacial score (nSPS) is 21.6. The molecule has 0 bridgehead atoms. The maximum absolute atomic E-state index is 13.4. The first kappa shape index (κ1) is 9.40. The highest BCUT2D eigenvalue weighted by Gasteiger charge is 2.25. The van der Waals surface area contributed by atoms with Crippen LogP contribution in [0.5, 0.6) is 0 Å². The summed E-state index contributed by atoms with van der Waals surface area (Å²) in [4.78, 5) is 5.69. The van der Waals surface area contributed by atoms with Gasteiger partial charge < -0.3 is 10.2 Å². The number of hydrogen-bond donors (Lipinski definition) is 1. The first-order valence-electron chi connectivity index (χ1n) is 4.87. The van der Waals surface area contributed by atoms with Crippen LogP contribution in [0.3, 0.4) is 0 Å². The Balaban J connectivity index is 2.26. The first-order chi connectivity index (χ1) is 6.83. The Morgan fingerprint density at radius 1 is 1.64 bits per heavy atom. The van der Waals surface area contributed by atoms with Crippen LogP contribution >= 0.6 is 0 Å². The lowest BCUT2D eigenvalue weighted by Gasteiger charge is -2.25. The molecule has 1 atom stereocenters. The summed E-state index contributed by atoms with van der Waals surface area (Å²) >= 11 is 0. The van der Waals surface area contributed by atoms with Crippen LogP contribution in [-0.4, -0.2) is 24.7 Å². The molecule has 1 aliphatic rings. The molecular formula is C10H14FN3. The van der Waals surface area contributed by atoms with Gasteiger partial charge in [-0.3, -0.25) is 0 Å². The van der Waals surface area contributed by atoms with Crippen molar-refractivity contribution in [3.05, 3.63) is 24.3 Å². The standard InChI is InChI=1S/C10H14FN3/c1-12-9-5-3-7-14(9)8-4-2-6-13-10(8)11/h2,4,6,9,12H,3,5,7H2,1H3/t9-/m0/s1. The van der Waals surface area contributed by atoms with E-state index in [1.165, 1.54) is 6.20 Å². The quantitative estimate of drug-likeness (QED) is 0.722. The van der Waals surface area contributed by atoms with Crippen LogP contribution in [0.1, 0.15) is 12.8 Å². The maximum atomic E-state index is 13.4. The van der Waals surface area contributed by atoms with Crippen molar-refractivity contribution in [3.8, 4) is 0 Å². The zero-order valence-electron chi connectivity index (χ0n) is 8.20. The van der Waals surface area contributed by atoms with Gasteiger partial charge in [-0.2, -0.15) is 4.39 Å². The predicted molar refractivity (Wildman–Crippen MR) is 53.6 cm³/mol. The second kappa shape index (κ2) is 3.92. The van der Waals surface area contributed by atoms with E-state index in [4.69, 9.17) is 0 Å². The van der Waals surface area contributed by atoms with Gasteiger partial charge in [-0.1, -0.05) is 0 Å². The van der Waals surface area contributed by atoms with Crippen LogP contribution in [0.25, 0.3) is 0 Å². The number of hydrogen-bond acceptors (Lipinski definition) is 3. The third kappa shape index (κ3) is 1.57. The fourth-order valence-corrected chi connectivity index (χ4v) is 1.95. The highest BCUT2D eigenvalue weighted by molar-refractivity contribution is 5.46. The Hall–Kier alpha value is -1.16. The maximum Gasteiger partial charge on any atom is 0.236 e. The molecule has 2 heterocycles. The van der Waals surface area contributed by atoms with Gasteiger partial charge >= 0.3 is 0 Å². The lowest BCUT2D eigenvalue weighted by atomic mass is 10.3. The first-order valence-corrected chi connectivity index (χ1v) is 4.87. The highest BCUT2D eigenvalue weighted by Crippen LogP contribution is 2.25. The molecule has 1 aliphatic heterocycles. The average molecular weight is 195 g/mol. The fourth-order valence-electron chi connectivity index (χ4n) is 1.95. The Morgan fingerprint density at radius 2 is 2.50 bits per heavy atom. The van der Waals surface area contributed by atoms with Crippen LogP contribution in [0.4, 0.5) is 10.1 Å². The minimum absolute atomic E-state index is 0.244. The third-order valence-electron chi connectivity index (χ3n) is 2.63. The Kier molecular flexibility index (Phi) is 2.63. The molecule has 4 heteroatoms. The molecule has 1 N–H and O–H groups in total. The van der Waals surface area contributed by atoms with Crippen LogP contribution < -0.4 is 10.2 Å². The van der Waals surface area contributed by atoms with E-state index in [9.17, 15) is 4.39 Å². The van der Waals surface area contributed by atoms with Crippen molar-refractivity contribution in [1.82, 2.24) is 10.3 Å². The highest BCUT2D eigenvalue weighted by atomic mass is 19.1. The lowest BCUT2D eigenvalue weighted by molar-refractivity contribution is 0.546. The van der Waals surface area contributed by atoms with Crippen molar-refractivity contribution >= 4 is 5.69 Å². The summed E-state index contributed by atoms with van der Waals surface area (Å²) in [5.41, 5.74) is 0.601. The van der Waals surface area contributed by atoms with E-state index < -0.39 is 0 Å². The van der Waals surface area contributed by atoms with Gasteiger partial charge in [0.25, 0.3) is 0 Å². The van der Waals surface area contributed by atoms with Gasteiger partial charge in [-0.25, -0.2) is 4.98 Å². The summed E-state index contributed by atoms with van der Waals surface area (Å²) in [6.07, 6.45) is 3.88. The Bertz CT molecular complexity index is 316. The van der Waals surface area contributed by atoms with Gasteiger partial charge in [0, 0.05) is 12.7 Å². The van der Waals surface area contributed by atoms with Crippen molar-refractivity contribution in [2.45, 2.75) is 19.0 Å². The molecule has 0 amide bonds. The number of aromatic nitrogens is 1. The SMILES string of the molecule is CN[C@@H]1CCCN1c1cccnc1F. The molecule has 1 fully saturated rings. The summed E-state index contributed by atoms with van der Waals surface area (Å²) in [6, 6.07) is 3.54. The summed E-state index contributed by atoms with van der Waals surface area (Å²) in [5.74, 6) is -0.380. The molecule has 14 heavy (non-hydrogen) atoms. The number of rotatable bonds is 2. The monoisotopic (exact) mass is 195 g/mol. The van der Waals surface area contributed by atoms with Gasteiger partial charge in [0.2, 0.25) is 5.95 Å². The summed E-state index contributed by atoms with van der Waals surface area (Å²) < 4.78 is 13.4. The van der Waals surface area contributed by atoms with Crippen molar-refractivity contribution in [3.63, 3.8) is 0 Å². The molecule has 3 nitrogen and oxygen atoms in total. The fraction of sp³-hybridized carbons (Fsp3) is 0.500.